The van der Waals surface area contributed by atoms with Crippen molar-refractivity contribution in [2.75, 3.05) is 17.2 Å². The van der Waals surface area contributed by atoms with Crippen LogP contribution in [0.25, 0.3) is 21.7 Å². The number of halogens is 1. The standard InChI is InChI=1S/C33H37ClN8O/c1-7-20(3)42-18-28(39-40-42)31(24-10-9-11-25-23(24)12-13-41(8-2)32(25)43)38-22-14-26-29(37-19-33(4,5)6)21(16-35)17-36-30(26)27(34)15-22/h9-15,17-18,31,38-40H,3,7-8,19H2,1-2,4-6H3,(H,36,37)/t31-/m0/s1. The molecule has 3 heterocycles. The van der Waals surface area contributed by atoms with Crippen LogP contribution < -0.4 is 27.2 Å². The molecule has 2 aromatic carbocycles. The van der Waals surface area contributed by atoms with Crippen molar-refractivity contribution in [3.63, 3.8) is 0 Å². The minimum Gasteiger partial charge on any atom is -0.383 e. The van der Waals surface area contributed by atoms with Gasteiger partial charge in [-0.1, -0.05) is 58.0 Å². The van der Waals surface area contributed by atoms with E-state index < -0.39 is 6.04 Å². The van der Waals surface area contributed by atoms with Crippen molar-refractivity contribution in [1.82, 2.24) is 25.5 Å². The zero-order chi connectivity index (χ0) is 30.9. The molecule has 10 heteroatoms. The Labute approximate surface area is 256 Å². The maximum absolute atomic E-state index is 13.2. The Morgan fingerprint density at radius 2 is 1.98 bits per heavy atom. The molecule has 0 fully saturated rings. The number of nitrogens with one attached hydrogen (secondary N) is 4. The molecule has 2 aromatic heterocycles. The molecule has 0 amide bonds. The molecule has 4 aromatic rings. The fourth-order valence-electron chi connectivity index (χ4n) is 5.12. The molecule has 0 bridgehead atoms. The molecule has 0 saturated carbocycles. The van der Waals surface area contributed by atoms with Crippen molar-refractivity contribution in [2.24, 2.45) is 5.41 Å². The van der Waals surface area contributed by atoms with Gasteiger partial charge in [-0.15, -0.1) is 5.53 Å². The Bertz CT molecular complexity index is 1850. The Morgan fingerprint density at radius 3 is 2.67 bits per heavy atom. The summed E-state index contributed by atoms with van der Waals surface area (Å²) in [6.07, 6.45) is 6.12. The first-order valence-electron chi connectivity index (χ1n) is 14.4. The van der Waals surface area contributed by atoms with Crippen LogP contribution in [-0.4, -0.2) is 21.1 Å². The molecular weight excluding hydrogens is 560 g/mol. The van der Waals surface area contributed by atoms with Gasteiger partial charge in [-0.25, -0.2) is 0 Å². The molecule has 9 nitrogen and oxygen atoms in total. The van der Waals surface area contributed by atoms with Gasteiger partial charge in [0.25, 0.3) is 5.56 Å². The van der Waals surface area contributed by atoms with Crippen molar-refractivity contribution in [3.05, 3.63) is 99.5 Å². The van der Waals surface area contributed by atoms with E-state index in [0.29, 0.717) is 40.3 Å². The highest BCUT2D eigenvalue weighted by Crippen LogP contribution is 2.37. The second-order valence-corrected chi connectivity index (χ2v) is 12.2. The smallest absolute Gasteiger partial charge is 0.258 e. The lowest BCUT2D eigenvalue weighted by Gasteiger charge is -2.24. The van der Waals surface area contributed by atoms with Crippen molar-refractivity contribution < 1.29 is 0 Å². The third-order valence-electron chi connectivity index (χ3n) is 7.50. The highest BCUT2D eigenvalue weighted by atomic mass is 35.5. The largest absolute Gasteiger partial charge is 0.383 e. The Hall–Kier alpha value is -4.52. The van der Waals surface area contributed by atoms with Gasteiger partial charge in [-0.3, -0.25) is 14.8 Å². The summed E-state index contributed by atoms with van der Waals surface area (Å²) in [4.78, 5) is 17.7. The molecule has 0 unspecified atom stereocenters. The first-order chi connectivity index (χ1) is 20.5. The summed E-state index contributed by atoms with van der Waals surface area (Å²) in [5.41, 5.74) is 11.5. The molecule has 0 radical (unpaired) electrons. The molecule has 0 saturated heterocycles. The zero-order valence-electron chi connectivity index (χ0n) is 25.2. The van der Waals surface area contributed by atoms with Crippen LogP contribution in [0.5, 0.6) is 0 Å². The van der Waals surface area contributed by atoms with E-state index in [0.717, 1.165) is 39.8 Å². The predicted octanol–water partition coefficient (Wildman–Crippen LogP) is 6.80. The molecule has 0 spiro atoms. The molecule has 5 rings (SSSR count). The number of rotatable bonds is 9. The lowest BCUT2D eigenvalue weighted by molar-refractivity contribution is 0.327. The second-order valence-electron chi connectivity index (χ2n) is 11.8. The number of aryl methyl sites for hydroxylation is 1. The number of hydrazine groups is 2. The lowest BCUT2D eigenvalue weighted by atomic mass is 9.96. The van der Waals surface area contributed by atoms with Gasteiger partial charge in [-0.2, -0.15) is 5.26 Å². The van der Waals surface area contributed by atoms with Gasteiger partial charge in [-0.05, 0) is 54.0 Å². The Morgan fingerprint density at radius 1 is 1.19 bits per heavy atom. The molecule has 222 valence electrons. The van der Waals surface area contributed by atoms with E-state index >= 15 is 0 Å². The molecule has 1 atom stereocenters. The predicted molar refractivity (Wildman–Crippen MR) is 175 cm³/mol. The fraction of sp³-hybridized carbons (Fsp3) is 0.303. The van der Waals surface area contributed by atoms with Crippen LogP contribution in [0, 0.1) is 16.7 Å². The molecule has 43 heavy (non-hydrogen) atoms. The van der Waals surface area contributed by atoms with Gasteiger partial charge in [0.05, 0.1) is 33.5 Å². The highest BCUT2D eigenvalue weighted by molar-refractivity contribution is 6.35. The number of benzene rings is 2. The van der Waals surface area contributed by atoms with Gasteiger partial charge in [0, 0.05) is 53.8 Å². The maximum atomic E-state index is 13.2. The van der Waals surface area contributed by atoms with Gasteiger partial charge >= 0.3 is 0 Å². The van der Waals surface area contributed by atoms with Crippen LogP contribution in [0.4, 0.5) is 11.4 Å². The first-order valence-corrected chi connectivity index (χ1v) is 14.8. The monoisotopic (exact) mass is 596 g/mol. The number of hydrogen-bond acceptors (Lipinski definition) is 8. The third-order valence-corrected chi connectivity index (χ3v) is 7.79. The number of aromatic nitrogens is 2. The zero-order valence-corrected chi connectivity index (χ0v) is 25.9. The number of fused-ring (bicyclic) bond motifs is 2. The number of anilines is 2. The van der Waals surface area contributed by atoms with Crippen LogP contribution in [0.2, 0.25) is 5.02 Å². The van der Waals surface area contributed by atoms with Gasteiger partial charge in [0.15, 0.2) is 0 Å². The van der Waals surface area contributed by atoms with E-state index in [4.69, 9.17) is 11.6 Å². The van der Waals surface area contributed by atoms with E-state index in [2.05, 4.69) is 60.0 Å². The van der Waals surface area contributed by atoms with Crippen LogP contribution in [-0.2, 0) is 6.54 Å². The number of hydrogen-bond donors (Lipinski definition) is 4. The molecule has 4 N–H and O–H groups in total. The van der Waals surface area contributed by atoms with Crippen molar-refractivity contribution >= 4 is 44.7 Å². The number of nitrogens with zero attached hydrogens (tertiary/aromatic N) is 4. The molecule has 1 aliphatic heterocycles. The lowest BCUT2D eigenvalue weighted by Crippen LogP contribution is -2.36. The van der Waals surface area contributed by atoms with Crippen LogP contribution in [0.1, 0.15) is 58.2 Å². The topological polar surface area (TPSA) is 110 Å². The first kappa shape index (κ1) is 30.0. The maximum Gasteiger partial charge on any atom is 0.258 e. The van der Waals surface area contributed by atoms with E-state index in [1.807, 2.05) is 67.7 Å². The minimum absolute atomic E-state index is 0.0141. The van der Waals surface area contributed by atoms with Gasteiger partial charge < -0.3 is 20.6 Å². The summed E-state index contributed by atoms with van der Waals surface area (Å²) < 4.78 is 1.70. The Balaban J connectivity index is 1.67. The van der Waals surface area contributed by atoms with Crippen molar-refractivity contribution in [3.8, 4) is 6.07 Å². The van der Waals surface area contributed by atoms with Gasteiger partial charge in [0.2, 0.25) is 0 Å². The summed E-state index contributed by atoms with van der Waals surface area (Å²) in [6.45, 7) is 15.8. The highest BCUT2D eigenvalue weighted by Gasteiger charge is 2.26. The summed E-state index contributed by atoms with van der Waals surface area (Å²) >= 11 is 6.82. The van der Waals surface area contributed by atoms with E-state index in [-0.39, 0.29) is 11.0 Å². The number of nitriles is 1. The number of pyridine rings is 2. The molecule has 1 aliphatic rings. The fourth-order valence-corrected chi connectivity index (χ4v) is 5.39. The van der Waals surface area contributed by atoms with Crippen molar-refractivity contribution in [2.45, 2.75) is 53.6 Å². The minimum atomic E-state index is -0.408. The summed E-state index contributed by atoms with van der Waals surface area (Å²) in [6, 6.07) is 13.4. The van der Waals surface area contributed by atoms with E-state index in [1.165, 1.54) is 0 Å². The second kappa shape index (κ2) is 12.0. The average molecular weight is 597 g/mol. The number of allylic oxidation sites excluding steroid dienone is 1. The summed E-state index contributed by atoms with van der Waals surface area (Å²) in [5, 5.41) is 21.6. The van der Waals surface area contributed by atoms with Crippen molar-refractivity contribution in [1.29, 1.82) is 5.26 Å². The quantitative estimate of drug-likeness (QED) is 0.167. The van der Waals surface area contributed by atoms with E-state index in [1.54, 1.807) is 10.8 Å². The molecule has 0 aliphatic carbocycles. The third kappa shape index (κ3) is 6.03. The molecular formula is C33H37ClN8O. The van der Waals surface area contributed by atoms with E-state index in [9.17, 15) is 10.1 Å². The normalized spacial score (nSPS) is 13.9. The van der Waals surface area contributed by atoms with Crippen LogP contribution in [0.3, 0.4) is 0 Å². The SMILES string of the molecule is C=C(CC)N1C=C([C@@H](Nc2cc(Cl)c3ncc(C#N)c(NCC(C)(C)C)c3c2)c2cccc3c(=O)n(CC)ccc23)NN1. The Kier molecular flexibility index (Phi) is 8.36. The average Bonchev–Trinajstić information content (AvgIpc) is 3.48. The summed E-state index contributed by atoms with van der Waals surface area (Å²) in [5.74, 6) is 0. The van der Waals surface area contributed by atoms with Crippen LogP contribution >= 0.6 is 11.6 Å². The summed E-state index contributed by atoms with van der Waals surface area (Å²) in [7, 11) is 0. The van der Waals surface area contributed by atoms with Gasteiger partial charge in [0.1, 0.15) is 6.07 Å². The van der Waals surface area contributed by atoms with Crippen LogP contribution in [0.15, 0.2) is 77.8 Å².